The van der Waals surface area contributed by atoms with Crippen molar-refractivity contribution in [3.8, 4) is 0 Å². The molecule has 3 fully saturated rings. The smallest absolute Gasteiger partial charge is 0.160 e. The summed E-state index contributed by atoms with van der Waals surface area (Å²) in [7, 11) is 4.32. The quantitative estimate of drug-likeness (QED) is 0.908. The molecular formula is C16H22N6O. The van der Waals surface area contributed by atoms with Crippen LogP contribution in [0, 0.1) is 11.8 Å². The standard InChI is InChI=1S/C16H22N6O/c1-21(2)6-11-12-7-22(8-16(12)4-3-13(11)23-16)15-10-5-19-20-14(10)17-9-18-15/h5,9,11-13H,3-4,6-8H2,1-2H3,(H,17,18,19,20)/t11-,12+,13+,16+/m1/s1. The number of aromatic nitrogens is 4. The van der Waals surface area contributed by atoms with Crippen molar-refractivity contribution in [1.82, 2.24) is 25.1 Å². The number of ether oxygens (including phenoxy) is 1. The zero-order chi connectivity index (χ0) is 15.6. The molecule has 0 aliphatic carbocycles. The van der Waals surface area contributed by atoms with Gasteiger partial charge in [0, 0.05) is 31.5 Å². The summed E-state index contributed by atoms with van der Waals surface area (Å²) in [4.78, 5) is 13.5. The van der Waals surface area contributed by atoms with Gasteiger partial charge in [0.05, 0.1) is 23.3 Å². The first-order valence-corrected chi connectivity index (χ1v) is 8.38. The van der Waals surface area contributed by atoms with Crippen LogP contribution in [-0.4, -0.2) is 70.5 Å². The first-order chi connectivity index (χ1) is 11.2. The van der Waals surface area contributed by atoms with Crippen molar-refractivity contribution in [2.24, 2.45) is 11.8 Å². The van der Waals surface area contributed by atoms with Crippen molar-refractivity contribution in [1.29, 1.82) is 0 Å². The number of H-pyrrole nitrogens is 1. The van der Waals surface area contributed by atoms with Crippen molar-refractivity contribution in [2.45, 2.75) is 24.5 Å². The molecule has 5 rings (SSSR count). The lowest BCUT2D eigenvalue weighted by molar-refractivity contribution is 0.0136. The molecule has 23 heavy (non-hydrogen) atoms. The molecule has 1 N–H and O–H groups in total. The van der Waals surface area contributed by atoms with Gasteiger partial charge < -0.3 is 14.5 Å². The van der Waals surface area contributed by atoms with Crippen LogP contribution in [0.4, 0.5) is 5.82 Å². The van der Waals surface area contributed by atoms with Crippen molar-refractivity contribution in [3.63, 3.8) is 0 Å². The van der Waals surface area contributed by atoms with Gasteiger partial charge in [-0.2, -0.15) is 5.10 Å². The van der Waals surface area contributed by atoms with Crippen molar-refractivity contribution < 1.29 is 4.74 Å². The van der Waals surface area contributed by atoms with Gasteiger partial charge in [-0.15, -0.1) is 0 Å². The number of hydrogen-bond acceptors (Lipinski definition) is 6. The molecule has 2 aromatic rings. The Bertz CT molecular complexity index is 745. The predicted molar refractivity (Wildman–Crippen MR) is 86.3 cm³/mol. The van der Waals surface area contributed by atoms with Gasteiger partial charge in [0.2, 0.25) is 0 Å². The fourth-order valence-electron chi connectivity index (χ4n) is 5.02. The van der Waals surface area contributed by atoms with Crippen LogP contribution in [0.15, 0.2) is 12.5 Å². The first kappa shape index (κ1) is 13.7. The number of hydrogen-bond donors (Lipinski definition) is 1. The second kappa shape index (κ2) is 4.64. The van der Waals surface area contributed by atoms with Gasteiger partial charge in [0.1, 0.15) is 12.1 Å². The van der Waals surface area contributed by atoms with E-state index < -0.39 is 0 Å². The van der Waals surface area contributed by atoms with Gasteiger partial charge in [0.25, 0.3) is 0 Å². The van der Waals surface area contributed by atoms with Crippen LogP contribution in [0.1, 0.15) is 12.8 Å². The Hall–Kier alpha value is -1.73. The minimum absolute atomic E-state index is 0.0341. The van der Waals surface area contributed by atoms with Gasteiger partial charge in [-0.1, -0.05) is 0 Å². The summed E-state index contributed by atoms with van der Waals surface area (Å²) in [5, 5.41) is 8.05. The average molecular weight is 314 g/mol. The molecule has 3 aliphatic heterocycles. The van der Waals surface area contributed by atoms with E-state index >= 15 is 0 Å². The fourth-order valence-corrected chi connectivity index (χ4v) is 5.02. The third kappa shape index (κ3) is 1.86. The topological polar surface area (TPSA) is 70.2 Å². The van der Waals surface area contributed by atoms with Crippen molar-refractivity contribution in [2.75, 3.05) is 38.6 Å². The maximum absolute atomic E-state index is 6.51. The Balaban J connectivity index is 1.49. The summed E-state index contributed by atoms with van der Waals surface area (Å²) in [6.45, 7) is 3.07. The lowest BCUT2D eigenvalue weighted by Gasteiger charge is -2.30. The van der Waals surface area contributed by atoms with Crippen LogP contribution in [0.2, 0.25) is 0 Å². The summed E-state index contributed by atoms with van der Waals surface area (Å²) in [6.07, 6.45) is 6.28. The van der Waals surface area contributed by atoms with E-state index in [-0.39, 0.29) is 5.60 Å². The highest BCUT2D eigenvalue weighted by Gasteiger charge is 2.63. The van der Waals surface area contributed by atoms with E-state index in [0.717, 1.165) is 36.5 Å². The summed E-state index contributed by atoms with van der Waals surface area (Å²) in [6, 6.07) is 0. The Morgan fingerprint density at radius 2 is 2.35 bits per heavy atom. The molecule has 5 heterocycles. The van der Waals surface area contributed by atoms with Crippen LogP contribution in [0.3, 0.4) is 0 Å². The van der Waals surface area contributed by atoms with Gasteiger partial charge in [-0.25, -0.2) is 9.97 Å². The average Bonchev–Trinajstić information content (AvgIpc) is 3.26. The Kier molecular flexibility index (Phi) is 2.76. The normalized spacial score (nSPS) is 35.6. The largest absolute Gasteiger partial charge is 0.369 e. The second-order valence-corrected chi connectivity index (χ2v) is 7.50. The predicted octanol–water partition coefficient (Wildman–Crippen LogP) is 0.898. The zero-order valence-electron chi connectivity index (χ0n) is 13.6. The van der Waals surface area contributed by atoms with Gasteiger partial charge in [0.15, 0.2) is 5.65 Å². The Morgan fingerprint density at radius 1 is 1.43 bits per heavy atom. The molecule has 0 amide bonds. The van der Waals surface area contributed by atoms with Crippen LogP contribution < -0.4 is 4.90 Å². The minimum Gasteiger partial charge on any atom is -0.369 e. The zero-order valence-corrected chi connectivity index (χ0v) is 13.6. The first-order valence-electron chi connectivity index (χ1n) is 8.38. The molecule has 7 heteroatoms. The van der Waals surface area contributed by atoms with E-state index in [9.17, 15) is 0 Å². The second-order valence-electron chi connectivity index (χ2n) is 7.50. The summed E-state index contributed by atoms with van der Waals surface area (Å²) >= 11 is 0. The number of fused-ring (bicyclic) bond motifs is 2. The number of rotatable bonds is 3. The summed E-state index contributed by atoms with van der Waals surface area (Å²) < 4.78 is 6.51. The minimum atomic E-state index is 0.0341. The third-order valence-electron chi connectivity index (χ3n) is 5.89. The van der Waals surface area contributed by atoms with E-state index in [2.05, 4.69) is 44.1 Å². The van der Waals surface area contributed by atoms with Crippen LogP contribution in [0.25, 0.3) is 11.0 Å². The molecule has 7 nitrogen and oxygen atoms in total. The maximum Gasteiger partial charge on any atom is 0.160 e. The van der Waals surface area contributed by atoms with Gasteiger partial charge >= 0.3 is 0 Å². The summed E-state index contributed by atoms with van der Waals surface area (Å²) in [5.41, 5.74) is 0.839. The van der Waals surface area contributed by atoms with Crippen LogP contribution in [-0.2, 0) is 4.74 Å². The van der Waals surface area contributed by atoms with Crippen molar-refractivity contribution >= 4 is 16.9 Å². The number of nitrogens with zero attached hydrogens (tertiary/aromatic N) is 5. The van der Waals surface area contributed by atoms with Crippen molar-refractivity contribution in [3.05, 3.63) is 12.5 Å². The Morgan fingerprint density at radius 3 is 3.22 bits per heavy atom. The van der Waals surface area contributed by atoms with E-state index in [1.165, 1.54) is 12.8 Å². The van der Waals surface area contributed by atoms with E-state index in [1.807, 2.05) is 6.20 Å². The van der Waals surface area contributed by atoms with Gasteiger partial charge in [-0.05, 0) is 26.9 Å². The van der Waals surface area contributed by atoms with E-state index in [1.54, 1.807) is 6.33 Å². The van der Waals surface area contributed by atoms with Crippen LogP contribution in [0.5, 0.6) is 0 Å². The molecule has 0 radical (unpaired) electrons. The molecule has 4 atom stereocenters. The number of aromatic amines is 1. The lowest BCUT2D eigenvalue weighted by atomic mass is 9.73. The van der Waals surface area contributed by atoms with E-state index in [0.29, 0.717) is 17.9 Å². The molecule has 3 saturated heterocycles. The lowest BCUT2D eigenvalue weighted by Crippen LogP contribution is -2.40. The third-order valence-corrected chi connectivity index (χ3v) is 5.89. The monoisotopic (exact) mass is 314 g/mol. The molecular weight excluding hydrogens is 292 g/mol. The fraction of sp³-hybridized carbons (Fsp3) is 0.688. The highest BCUT2D eigenvalue weighted by molar-refractivity contribution is 5.86. The Labute approximate surface area is 135 Å². The highest BCUT2D eigenvalue weighted by Crippen LogP contribution is 2.55. The van der Waals surface area contributed by atoms with Crippen LogP contribution >= 0.6 is 0 Å². The van der Waals surface area contributed by atoms with Gasteiger partial charge in [-0.3, -0.25) is 5.10 Å². The highest BCUT2D eigenvalue weighted by atomic mass is 16.5. The molecule has 2 aromatic heterocycles. The maximum atomic E-state index is 6.51. The molecule has 122 valence electrons. The molecule has 3 aliphatic rings. The molecule has 0 saturated carbocycles. The number of anilines is 1. The molecule has 2 bridgehead atoms. The summed E-state index contributed by atoms with van der Waals surface area (Å²) in [5.74, 6) is 2.22. The molecule has 0 aromatic carbocycles. The molecule has 1 spiro atoms. The molecule has 0 unspecified atom stereocenters. The SMILES string of the molecule is CN(C)C[C@H]1[C@@H]2CC[C@@]3(CN(c4ncnc5[nH]ncc45)C[C@@H]13)O2. The van der Waals surface area contributed by atoms with E-state index in [4.69, 9.17) is 4.74 Å². The number of nitrogens with one attached hydrogen (secondary N) is 1.